The van der Waals surface area contributed by atoms with Crippen LogP contribution in [0.3, 0.4) is 0 Å². The topological polar surface area (TPSA) is 87.7 Å². The molecule has 0 bridgehead atoms. The van der Waals surface area contributed by atoms with Gasteiger partial charge in [-0.15, -0.1) is 0 Å². The second-order valence-corrected chi connectivity index (χ2v) is 6.94. The van der Waals surface area contributed by atoms with Crippen LogP contribution in [-0.4, -0.2) is 42.0 Å². The second-order valence-electron chi connectivity index (χ2n) is 6.94. The molecule has 0 spiro atoms. The third-order valence-corrected chi connectivity index (χ3v) is 4.89. The smallest absolute Gasteiger partial charge is 0.410 e. The Bertz CT molecular complexity index is 685. The first-order chi connectivity index (χ1) is 12.5. The Balaban J connectivity index is 1.54. The van der Waals surface area contributed by atoms with Gasteiger partial charge in [0.2, 0.25) is 11.8 Å². The summed E-state index contributed by atoms with van der Waals surface area (Å²) in [6.07, 6.45) is 3.65. The van der Waals surface area contributed by atoms with Gasteiger partial charge in [0.1, 0.15) is 12.6 Å². The number of anilines is 1. The maximum absolute atomic E-state index is 12.4. The zero-order chi connectivity index (χ0) is 18.5. The van der Waals surface area contributed by atoms with Crippen LogP contribution in [0.25, 0.3) is 0 Å². The minimum atomic E-state index is -0.597. The number of nitrogens with zero attached hydrogens (tertiary/aromatic N) is 1. The number of rotatable bonds is 6. The lowest BCUT2D eigenvalue weighted by atomic mass is 10.1. The van der Waals surface area contributed by atoms with Crippen LogP contribution in [0.2, 0.25) is 0 Å². The Labute approximate surface area is 153 Å². The lowest BCUT2D eigenvalue weighted by Gasteiger charge is -2.17. The predicted octanol–water partition coefficient (Wildman–Crippen LogP) is 2.27. The number of nitrogens with one attached hydrogen (secondary N) is 2. The molecule has 1 aliphatic carbocycles. The monoisotopic (exact) mass is 359 g/mol. The highest BCUT2D eigenvalue weighted by molar-refractivity contribution is 5.97. The third kappa shape index (κ3) is 4.53. The molecule has 140 valence electrons. The average Bonchev–Trinajstić information content (AvgIpc) is 3.28. The summed E-state index contributed by atoms with van der Waals surface area (Å²) >= 11 is 0. The van der Waals surface area contributed by atoms with Crippen LogP contribution in [0.15, 0.2) is 24.3 Å². The van der Waals surface area contributed by atoms with Crippen LogP contribution in [-0.2, 0) is 20.9 Å². The van der Waals surface area contributed by atoms with E-state index in [1.54, 1.807) is 17.9 Å². The number of carbonyl (C=O) groups excluding carboxylic acids is 3. The van der Waals surface area contributed by atoms with E-state index in [1.165, 1.54) is 0 Å². The molecule has 1 saturated carbocycles. The Morgan fingerprint density at radius 3 is 2.77 bits per heavy atom. The fourth-order valence-electron chi connectivity index (χ4n) is 3.37. The summed E-state index contributed by atoms with van der Waals surface area (Å²) in [6.45, 7) is 3.11. The molecule has 7 heteroatoms. The Kier molecular flexibility index (Phi) is 5.75. The molecule has 2 fully saturated rings. The summed E-state index contributed by atoms with van der Waals surface area (Å²) in [7, 11) is 0. The molecule has 3 amide bonds. The highest BCUT2D eigenvalue weighted by atomic mass is 16.6. The minimum Gasteiger partial charge on any atom is -0.448 e. The van der Waals surface area contributed by atoms with Gasteiger partial charge in [0.25, 0.3) is 0 Å². The molecule has 7 nitrogen and oxygen atoms in total. The van der Waals surface area contributed by atoms with Gasteiger partial charge in [-0.1, -0.05) is 25.0 Å². The van der Waals surface area contributed by atoms with Crippen molar-refractivity contribution in [3.05, 3.63) is 29.8 Å². The van der Waals surface area contributed by atoms with Crippen LogP contribution in [0, 0.1) is 5.92 Å². The number of cyclic esters (lactones) is 1. The number of amides is 3. The number of carbonyl (C=O) groups is 3. The third-order valence-electron chi connectivity index (χ3n) is 4.89. The molecule has 26 heavy (non-hydrogen) atoms. The highest BCUT2D eigenvalue weighted by Crippen LogP contribution is 2.24. The first-order valence-corrected chi connectivity index (χ1v) is 9.15. The Morgan fingerprint density at radius 1 is 1.31 bits per heavy atom. The van der Waals surface area contributed by atoms with Gasteiger partial charge in [-0.05, 0) is 37.5 Å². The zero-order valence-corrected chi connectivity index (χ0v) is 15.0. The van der Waals surface area contributed by atoms with Crippen molar-refractivity contribution in [1.29, 1.82) is 0 Å². The molecule has 1 aromatic rings. The van der Waals surface area contributed by atoms with Crippen molar-refractivity contribution in [1.82, 2.24) is 10.2 Å². The van der Waals surface area contributed by atoms with Crippen LogP contribution >= 0.6 is 0 Å². The zero-order valence-electron chi connectivity index (χ0n) is 15.0. The molecule has 1 aliphatic heterocycles. The fraction of sp³-hybridized carbons (Fsp3) is 0.526. The summed E-state index contributed by atoms with van der Waals surface area (Å²) in [6, 6.07) is 6.74. The van der Waals surface area contributed by atoms with Gasteiger partial charge in [0.05, 0.1) is 6.54 Å². The molecular weight excluding hydrogens is 334 g/mol. The molecule has 0 radical (unpaired) electrons. The van der Waals surface area contributed by atoms with Crippen molar-refractivity contribution in [2.45, 2.75) is 45.2 Å². The predicted molar refractivity (Wildman–Crippen MR) is 96.4 cm³/mol. The van der Waals surface area contributed by atoms with Gasteiger partial charge in [-0.3, -0.25) is 9.59 Å². The molecule has 1 atom stereocenters. The number of hydrogen-bond donors (Lipinski definition) is 2. The normalized spacial score (nSPS) is 18.5. The first kappa shape index (κ1) is 18.2. The number of ether oxygens (including phenoxy) is 1. The summed E-state index contributed by atoms with van der Waals surface area (Å²) < 4.78 is 4.92. The highest BCUT2D eigenvalue weighted by Gasteiger charge is 2.26. The lowest BCUT2D eigenvalue weighted by Crippen LogP contribution is -2.43. The van der Waals surface area contributed by atoms with Crippen molar-refractivity contribution in [2.75, 3.05) is 18.5 Å². The molecule has 1 unspecified atom stereocenters. The van der Waals surface area contributed by atoms with E-state index in [0.29, 0.717) is 25.4 Å². The number of hydrogen-bond acceptors (Lipinski definition) is 4. The van der Waals surface area contributed by atoms with Crippen molar-refractivity contribution in [2.24, 2.45) is 5.92 Å². The van der Waals surface area contributed by atoms with E-state index < -0.39 is 6.04 Å². The van der Waals surface area contributed by atoms with Crippen molar-refractivity contribution < 1.29 is 19.1 Å². The summed E-state index contributed by atoms with van der Waals surface area (Å²) in [5.74, 6) is -0.255. The van der Waals surface area contributed by atoms with Gasteiger partial charge in [-0.2, -0.15) is 0 Å². The molecule has 1 heterocycles. The van der Waals surface area contributed by atoms with Crippen molar-refractivity contribution in [3.63, 3.8) is 0 Å². The van der Waals surface area contributed by atoms with E-state index in [-0.39, 0.29) is 23.8 Å². The van der Waals surface area contributed by atoms with Gasteiger partial charge in [-0.25, -0.2) is 4.79 Å². The average molecular weight is 359 g/mol. The van der Waals surface area contributed by atoms with E-state index in [2.05, 4.69) is 10.6 Å². The van der Waals surface area contributed by atoms with E-state index in [0.717, 1.165) is 31.2 Å². The maximum atomic E-state index is 12.4. The molecular formula is C19H25N3O4. The fourth-order valence-corrected chi connectivity index (χ4v) is 3.37. The summed E-state index contributed by atoms with van der Waals surface area (Å²) in [5, 5.41) is 5.63. The molecule has 3 rings (SSSR count). The van der Waals surface area contributed by atoms with E-state index in [4.69, 9.17) is 4.74 Å². The SMILES string of the molecule is CC(NC(=O)C1CCCC1)C(=O)Nc1cccc(CN2CCOC2=O)c1. The number of benzene rings is 1. The molecule has 2 aliphatic rings. The summed E-state index contributed by atoms with van der Waals surface area (Å²) in [5.41, 5.74) is 1.55. The maximum Gasteiger partial charge on any atom is 0.410 e. The van der Waals surface area contributed by atoms with Crippen LogP contribution in [0.1, 0.15) is 38.2 Å². The van der Waals surface area contributed by atoms with Gasteiger partial charge in [0.15, 0.2) is 0 Å². The van der Waals surface area contributed by atoms with Gasteiger partial charge < -0.3 is 20.3 Å². The van der Waals surface area contributed by atoms with Crippen molar-refractivity contribution >= 4 is 23.6 Å². The molecule has 2 N–H and O–H groups in total. The summed E-state index contributed by atoms with van der Waals surface area (Å²) in [4.78, 5) is 37.7. The van der Waals surface area contributed by atoms with Gasteiger partial charge in [0, 0.05) is 18.2 Å². The Hall–Kier alpha value is -2.57. The minimum absolute atomic E-state index is 0.0357. The van der Waals surface area contributed by atoms with Crippen LogP contribution < -0.4 is 10.6 Å². The molecule has 1 saturated heterocycles. The second kappa shape index (κ2) is 8.21. The largest absolute Gasteiger partial charge is 0.448 e. The van der Waals surface area contributed by atoms with Crippen LogP contribution in [0.5, 0.6) is 0 Å². The van der Waals surface area contributed by atoms with Crippen LogP contribution in [0.4, 0.5) is 10.5 Å². The molecule has 0 aromatic heterocycles. The van der Waals surface area contributed by atoms with Gasteiger partial charge >= 0.3 is 6.09 Å². The van der Waals surface area contributed by atoms with E-state index in [1.807, 2.05) is 18.2 Å². The van der Waals surface area contributed by atoms with E-state index in [9.17, 15) is 14.4 Å². The van der Waals surface area contributed by atoms with E-state index >= 15 is 0 Å². The standard InChI is InChI=1S/C19H25N3O4/c1-13(20-18(24)15-6-2-3-7-15)17(23)21-16-8-4-5-14(11-16)12-22-9-10-26-19(22)25/h4-5,8,11,13,15H,2-3,6-7,9-10,12H2,1H3,(H,20,24)(H,21,23). The Morgan fingerprint density at radius 2 is 2.08 bits per heavy atom. The lowest BCUT2D eigenvalue weighted by molar-refractivity contribution is -0.128. The molecule has 1 aromatic carbocycles. The quantitative estimate of drug-likeness (QED) is 0.816. The first-order valence-electron chi connectivity index (χ1n) is 9.15. The van der Waals surface area contributed by atoms with Crippen molar-refractivity contribution in [3.8, 4) is 0 Å².